The van der Waals surface area contributed by atoms with Gasteiger partial charge in [0.15, 0.2) is 0 Å². The predicted molar refractivity (Wildman–Crippen MR) is 129 cm³/mol. The molecule has 1 saturated heterocycles. The average molecular weight is 449 g/mol. The van der Waals surface area contributed by atoms with Crippen molar-refractivity contribution in [1.29, 1.82) is 0 Å². The maximum atomic E-state index is 13.0. The lowest BCUT2D eigenvalue weighted by Crippen LogP contribution is -2.41. The van der Waals surface area contributed by atoms with Gasteiger partial charge in [-0.15, -0.1) is 0 Å². The molecule has 1 aromatic carbocycles. The van der Waals surface area contributed by atoms with E-state index in [-0.39, 0.29) is 17.7 Å². The summed E-state index contributed by atoms with van der Waals surface area (Å²) < 4.78 is 7.39. The molecule has 4 heterocycles. The van der Waals surface area contributed by atoms with E-state index in [1.807, 2.05) is 55.8 Å². The Hall–Kier alpha value is -3.09. The fraction of sp³-hybridized carbons (Fsp3) is 0.280. The van der Waals surface area contributed by atoms with E-state index in [0.29, 0.717) is 11.6 Å². The highest BCUT2D eigenvalue weighted by Gasteiger charge is 2.19. The Morgan fingerprint density at radius 3 is 2.91 bits per heavy atom. The van der Waals surface area contributed by atoms with Gasteiger partial charge in [0.1, 0.15) is 5.65 Å². The SMILES string of the molecule is CC1CN(c2cnc3[nH]cc(-c4ccn(C(C)c5cccc(Cl)c5)c(=O)c4)c3c2)CCO1. The van der Waals surface area contributed by atoms with Gasteiger partial charge < -0.3 is 19.2 Å². The number of morpholine rings is 1. The van der Waals surface area contributed by atoms with Gasteiger partial charge in [-0.25, -0.2) is 4.98 Å². The molecule has 0 amide bonds. The topological polar surface area (TPSA) is 63.2 Å². The summed E-state index contributed by atoms with van der Waals surface area (Å²) in [6.45, 7) is 6.47. The molecule has 0 aliphatic carbocycles. The van der Waals surface area contributed by atoms with E-state index in [2.05, 4.69) is 27.9 Å². The van der Waals surface area contributed by atoms with E-state index in [9.17, 15) is 4.79 Å². The number of fused-ring (bicyclic) bond motifs is 1. The number of hydrogen-bond donors (Lipinski definition) is 1. The van der Waals surface area contributed by atoms with Gasteiger partial charge in [-0.1, -0.05) is 23.7 Å². The first-order chi connectivity index (χ1) is 15.5. The number of aromatic amines is 1. The van der Waals surface area contributed by atoms with E-state index in [4.69, 9.17) is 16.3 Å². The van der Waals surface area contributed by atoms with Crippen LogP contribution in [0.25, 0.3) is 22.2 Å². The Labute approximate surface area is 191 Å². The summed E-state index contributed by atoms with van der Waals surface area (Å²) >= 11 is 6.13. The fourth-order valence-corrected chi connectivity index (χ4v) is 4.56. The third kappa shape index (κ3) is 3.92. The lowest BCUT2D eigenvalue weighted by Gasteiger charge is -2.32. The van der Waals surface area contributed by atoms with Crippen molar-refractivity contribution in [3.05, 3.63) is 82.0 Å². The maximum absolute atomic E-state index is 13.0. The molecule has 1 N–H and O–H groups in total. The van der Waals surface area contributed by atoms with E-state index < -0.39 is 0 Å². The largest absolute Gasteiger partial charge is 0.375 e. The highest BCUT2D eigenvalue weighted by molar-refractivity contribution is 6.30. The van der Waals surface area contributed by atoms with Crippen molar-refractivity contribution >= 4 is 28.3 Å². The zero-order valence-electron chi connectivity index (χ0n) is 18.1. The molecule has 1 fully saturated rings. The Balaban J connectivity index is 1.49. The average Bonchev–Trinajstić information content (AvgIpc) is 3.22. The summed E-state index contributed by atoms with van der Waals surface area (Å²) in [5, 5.41) is 1.66. The summed E-state index contributed by atoms with van der Waals surface area (Å²) in [6.07, 6.45) is 5.86. The van der Waals surface area contributed by atoms with E-state index in [1.54, 1.807) is 10.6 Å². The predicted octanol–water partition coefficient (Wildman–Crippen LogP) is 4.88. The van der Waals surface area contributed by atoms with Crippen molar-refractivity contribution in [2.45, 2.75) is 26.0 Å². The van der Waals surface area contributed by atoms with Crippen LogP contribution in [0.1, 0.15) is 25.5 Å². The van der Waals surface area contributed by atoms with Crippen LogP contribution in [-0.4, -0.2) is 40.3 Å². The number of nitrogens with zero attached hydrogens (tertiary/aromatic N) is 3. The number of benzene rings is 1. The summed E-state index contributed by atoms with van der Waals surface area (Å²) in [5.41, 5.74) is 4.64. The molecule has 2 unspecified atom stereocenters. The van der Waals surface area contributed by atoms with Crippen LogP contribution in [0.3, 0.4) is 0 Å². The maximum Gasteiger partial charge on any atom is 0.251 e. The Morgan fingerprint density at radius 1 is 1.25 bits per heavy atom. The van der Waals surface area contributed by atoms with Gasteiger partial charge >= 0.3 is 0 Å². The molecule has 3 aromatic heterocycles. The second-order valence-electron chi connectivity index (χ2n) is 8.31. The van der Waals surface area contributed by atoms with Gasteiger partial charge in [-0.2, -0.15) is 0 Å². The number of ether oxygens (including phenoxy) is 1. The normalized spacial score (nSPS) is 17.6. The van der Waals surface area contributed by atoms with Crippen LogP contribution in [0.15, 0.2) is 65.8 Å². The molecule has 1 aliphatic rings. The van der Waals surface area contributed by atoms with Gasteiger partial charge in [-0.05, 0) is 49.2 Å². The third-order valence-corrected chi connectivity index (χ3v) is 6.37. The lowest BCUT2D eigenvalue weighted by atomic mass is 10.1. The third-order valence-electron chi connectivity index (χ3n) is 6.13. The Bertz CT molecular complexity index is 1330. The summed E-state index contributed by atoms with van der Waals surface area (Å²) in [7, 11) is 0. The molecule has 1 aliphatic heterocycles. The number of hydrogen-bond acceptors (Lipinski definition) is 4. The van der Waals surface area contributed by atoms with Crippen LogP contribution in [0.4, 0.5) is 5.69 Å². The molecule has 7 heteroatoms. The quantitative estimate of drug-likeness (QED) is 0.483. The first-order valence-corrected chi connectivity index (χ1v) is 11.2. The fourth-order valence-electron chi connectivity index (χ4n) is 4.36. The van der Waals surface area contributed by atoms with E-state index >= 15 is 0 Å². The minimum Gasteiger partial charge on any atom is -0.375 e. The highest BCUT2D eigenvalue weighted by Crippen LogP contribution is 2.31. The molecule has 32 heavy (non-hydrogen) atoms. The number of H-pyrrole nitrogens is 1. The number of halogens is 1. The minimum absolute atomic E-state index is 0.0598. The second kappa shape index (κ2) is 8.45. The molecule has 5 rings (SSSR count). The molecule has 4 aromatic rings. The number of pyridine rings is 2. The standard InChI is InChI=1S/C25H25ClN4O2/c1-16-15-29(8-9-32-16)21-12-22-23(14-28-25(22)27-13-21)19-6-7-30(24(31)11-19)17(2)18-4-3-5-20(26)10-18/h3-7,10-14,16-17H,8-9,15H2,1-2H3,(H,27,28). The Morgan fingerprint density at radius 2 is 2.12 bits per heavy atom. The second-order valence-corrected chi connectivity index (χ2v) is 8.75. The van der Waals surface area contributed by atoms with Gasteiger partial charge in [0.05, 0.1) is 30.6 Å². The zero-order valence-corrected chi connectivity index (χ0v) is 18.8. The molecule has 164 valence electrons. The van der Waals surface area contributed by atoms with E-state index in [0.717, 1.165) is 46.5 Å². The van der Waals surface area contributed by atoms with Gasteiger partial charge in [0, 0.05) is 47.5 Å². The number of anilines is 1. The number of nitrogens with one attached hydrogen (secondary N) is 1. The number of rotatable bonds is 4. The first-order valence-electron chi connectivity index (χ1n) is 10.8. The molecular formula is C25H25ClN4O2. The van der Waals surface area contributed by atoms with Gasteiger partial charge in [-0.3, -0.25) is 4.79 Å². The Kier molecular flexibility index (Phi) is 5.49. The molecule has 0 radical (unpaired) electrons. The van der Waals surface area contributed by atoms with Gasteiger partial charge in [0.2, 0.25) is 0 Å². The minimum atomic E-state index is -0.116. The van der Waals surface area contributed by atoms with Crippen LogP contribution in [0, 0.1) is 0 Å². The van der Waals surface area contributed by atoms with Crippen molar-refractivity contribution in [3.63, 3.8) is 0 Å². The van der Waals surface area contributed by atoms with Crippen LogP contribution in [-0.2, 0) is 4.74 Å². The van der Waals surface area contributed by atoms with Crippen molar-refractivity contribution in [2.24, 2.45) is 0 Å². The van der Waals surface area contributed by atoms with Crippen molar-refractivity contribution in [2.75, 3.05) is 24.6 Å². The van der Waals surface area contributed by atoms with Gasteiger partial charge in [0.25, 0.3) is 5.56 Å². The first kappa shape index (κ1) is 20.8. The molecular weight excluding hydrogens is 424 g/mol. The summed E-state index contributed by atoms with van der Waals surface area (Å²) in [4.78, 5) is 23.1. The zero-order chi connectivity index (χ0) is 22.2. The summed E-state index contributed by atoms with van der Waals surface area (Å²) in [5.74, 6) is 0. The van der Waals surface area contributed by atoms with E-state index in [1.165, 1.54) is 0 Å². The van der Waals surface area contributed by atoms with Crippen molar-refractivity contribution in [3.8, 4) is 11.1 Å². The molecule has 0 spiro atoms. The molecule has 0 bridgehead atoms. The summed E-state index contributed by atoms with van der Waals surface area (Å²) in [6, 6.07) is 13.3. The lowest BCUT2D eigenvalue weighted by molar-refractivity contribution is 0.0532. The van der Waals surface area contributed by atoms with Crippen LogP contribution < -0.4 is 10.5 Å². The highest BCUT2D eigenvalue weighted by atomic mass is 35.5. The monoisotopic (exact) mass is 448 g/mol. The molecule has 0 saturated carbocycles. The van der Waals surface area contributed by atoms with Crippen molar-refractivity contribution in [1.82, 2.24) is 14.5 Å². The van der Waals surface area contributed by atoms with Crippen LogP contribution >= 0.6 is 11.6 Å². The van der Waals surface area contributed by atoms with Crippen LogP contribution in [0.5, 0.6) is 0 Å². The smallest absolute Gasteiger partial charge is 0.251 e. The molecule has 2 atom stereocenters. The van der Waals surface area contributed by atoms with Crippen LogP contribution in [0.2, 0.25) is 5.02 Å². The molecule has 6 nitrogen and oxygen atoms in total. The number of aromatic nitrogens is 3. The van der Waals surface area contributed by atoms with Crippen molar-refractivity contribution < 1.29 is 4.74 Å².